The number of carbonyl (C=O) groups is 1. The SMILES string of the molecule is C=C(C)c1cnc(-c2cc(F)ccc2F)cc1Nc1ccncc1C(=O)NC[C@@H](O)CC1CCCC1. The summed E-state index contributed by atoms with van der Waals surface area (Å²) in [5.41, 5.74) is 2.89. The molecule has 2 aromatic heterocycles. The predicted molar refractivity (Wildman–Crippen MR) is 137 cm³/mol. The fourth-order valence-electron chi connectivity index (χ4n) is 4.59. The van der Waals surface area contributed by atoms with Crippen LogP contribution in [0.4, 0.5) is 20.2 Å². The maximum absolute atomic E-state index is 14.4. The van der Waals surface area contributed by atoms with Crippen LogP contribution in [0.3, 0.4) is 0 Å². The number of rotatable bonds is 9. The van der Waals surface area contributed by atoms with Crippen LogP contribution >= 0.6 is 0 Å². The smallest absolute Gasteiger partial charge is 0.255 e. The highest BCUT2D eigenvalue weighted by atomic mass is 19.1. The van der Waals surface area contributed by atoms with Crippen molar-refractivity contribution >= 4 is 22.9 Å². The molecule has 0 unspecified atom stereocenters. The van der Waals surface area contributed by atoms with Gasteiger partial charge in [-0.3, -0.25) is 14.8 Å². The molecule has 3 N–H and O–H groups in total. The topological polar surface area (TPSA) is 87.1 Å². The minimum Gasteiger partial charge on any atom is -0.391 e. The Labute approximate surface area is 209 Å². The van der Waals surface area contributed by atoms with Gasteiger partial charge in [0.1, 0.15) is 11.6 Å². The average molecular weight is 493 g/mol. The number of pyridine rings is 2. The Bertz CT molecular complexity index is 1260. The summed E-state index contributed by atoms with van der Waals surface area (Å²) in [7, 11) is 0. The van der Waals surface area contributed by atoms with E-state index in [2.05, 4.69) is 27.2 Å². The maximum atomic E-state index is 14.4. The van der Waals surface area contributed by atoms with E-state index in [-0.39, 0.29) is 29.3 Å². The van der Waals surface area contributed by atoms with Crippen molar-refractivity contribution in [3.63, 3.8) is 0 Å². The molecule has 188 valence electrons. The molecular weight excluding hydrogens is 462 g/mol. The van der Waals surface area contributed by atoms with Crippen molar-refractivity contribution in [1.82, 2.24) is 15.3 Å². The van der Waals surface area contributed by atoms with Gasteiger partial charge in [0.2, 0.25) is 0 Å². The molecule has 36 heavy (non-hydrogen) atoms. The summed E-state index contributed by atoms with van der Waals surface area (Å²) in [6.45, 7) is 5.93. The number of anilines is 2. The van der Waals surface area contributed by atoms with E-state index in [1.54, 1.807) is 25.3 Å². The number of nitrogens with zero attached hydrogens (tertiary/aromatic N) is 2. The van der Waals surface area contributed by atoms with Crippen molar-refractivity contribution in [2.75, 3.05) is 11.9 Å². The highest BCUT2D eigenvalue weighted by Gasteiger charge is 2.20. The summed E-state index contributed by atoms with van der Waals surface area (Å²) in [5, 5.41) is 16.4. The summed E-state index contributed by atoms with van der Waals surface area (Å²) in [5.74, 6) is -1.04. The molecule has 6 nitrogen and oxygen atoms in total. The zero-order valence-electron chi connectivity index (χ0n) is 20.2. The van der Waals surface area contributed by atoms with Gasteiger partial charge >= 0.3 is 0 Å². The van der Waals surface area contributed by atoms with Crippen molar-refractivity contribution in [2.45, 2.75) is 45.1 Å². The van der Waals surface area contributed by atoms with Crippen LogP contribution in [0.2, 0.25) is 0 Å². The molecule has 0 aliphatic heterocycles. The number of hydrogen-bond acceptors (Lipinski definition) is 5. The first kappa shape index (κ1) is 25.4. The molecule has 0 spiro atoms. The van der Waals surface area contributed by atoms with Crippen LogP contribution in [0.5, 0.6) is 0 Å². The molecular formula is C28H30F2N4O2. The van der Waals surface area contributed by atoms with Crippen LogP contribution in [0, 0.1) is 17.6 Å². The molecule has 1 amide bonds. The van der Waals surface area contributed by atoms with Crippen LogP contribution in [0.1, 0.15) is 54.9 Å². The Morgan fingerprint density at radius 2 is 1.92 bits per heavy atom. The third kappa shape index (κ3) is 6.12. The van der Waals surface area contributed by atoms with Gasteiger partial charge in [-0.2, -0.15) is 0 Å². The molecule has 0 radical (unpaired) electrons. The van der Waals surface area contributed by atoms with E-state index in [1.807, 2.05) is 0 Å². The maximum Gasteiger partial charge on any atom is 0.255 e. The lowest BCUT2D eigenvalue weighted by molar-refractivity contribution is 0.0896. The molecule has 2 heterocycles. The third-order valence-electron chi connectivity index (χ3n) is 6.48. The monoisotopic (exact) mass is 492 g/mol. The number of benzene rings is 1. The van der Waals surface area contributed by atoms with Gasteiger partial charge in [-0.25, -0.2) is 8.78 Å². The fourth-order valence-corrected chi connectivity index (χ4v) is 4.59. The van der Waals surface area contributed by atoms with E-state index in [9.17, 15) is 18.7 Å². The van der Waals surface area contributed by atoms with Crippen LogP contribution < -0.4 is 10.6 Å². The molecule has 3 aromatic rings. The Morgan fingerprint density at radius 3 is 2.67 bits per heavy atom. The van der Waals surface area contributed by atoms with Gasteiger partial charge in [0.15, 0.2) is 0 Å². The number of halogens is 2. The number of carbonyl (C=O) groups excluding carboxylic acids is 1. The Kier molecular flexibility index (Phi) is 8.05. The first-order valence-corrected chi connectivity index (χ1v) is 12.1. The summed E-state index contributed by atoms with van der Waals surface area (Å²) in [4.78, 5) is 21.3. The molecule has 0 saturated heterocycles. The number of allylic oxidation sites excluding steroid dienone is 1. The van der Waals surface area contributed by atoms with Crippen LogP contribution in [0.25, 0.3) is 16.8 Å². The summed E-state index contributed by atoms with van der Waals surface area (Å²) >= 11 is 0. The molecule has 1 aliphatic carbocycles. The molecule has 0 bridgehead atoms. The minimum absolute atomic E-state index is 0.0234. The Morgan fingerprint density at radius 1 is 1.14 bits per heavy atom. The van der Waals surface area contributed by atoms with E-state index < -0.39 is 17.7 Å². The van der Waals surface area contributed by atoms with Crippen molar-refractivity contribution < 1.29 is 18.7 Å². The average Bonchev–Trinajstić information content (AvgIpc) is 3.37. The zero-order chi connectivity index (χ0) is 25.7. The molecule has 1 fully saturated rings. The van der Waals surface area contributed by atoms with Crippen LogP contribution in [-0.2, 0) is 0 Å². The van der Waals surface area contributed by atoms with Crippen LogP contribution in [-0.4, -0.2) is 33.6 Å². The van der Waals surface area contributed by atoms with Gasteiger partial charge in [0.25, 0.3) is 5.91 Å². The second-order valence-electron chi connectivity index (χ2n) is 9.32. The lowest BCUT2D eigenvalue weighted by Gasteiger charge is -2.18. The lowest BCUT2D eigenvalue weighted by Crippen LogP contribution is -2.33. The zero-order valence-corrected chi connectivity index (χ0v) is 20.2. The second kappa shape index (κ2) is 11.4. The van der Waals surface area contributed by atoms with E-state index in [4.69, 9.17) is 0 Å². The van der Waals surface area contributed by atoms with Gasteiger partial charge in [-0.05, 0) is 55.2 Å². The van der Waals surface area contributed by atoms with E-state index in [0.717, 1.165) is 31.0 Å². The van der Waals surface area contributed by atoms with Gasteiger partial charge in [-0.1, -0.05) is 32.3 Å². The van der Waals surface area contributed by atoms with Gasteiger partial charge in [0, 0.05) is 41.9 Å². The molecule has 1 aliphatic rings. The summed E-state index contributed by atoms with van der Waals surface area (Å²) < 4.78 is 28.2. The van der Waals surface area contributed by atoms with E-state index >= 15 is 0 Å². The predicted octanol–water partition coefficient (Wildman–Crippen LogP) is 5.87. The highest BCUT2D eigenvalue weighted by Crippen LogP contribution is 2.32. The number of aliphatic hydroxyl groups is 1. The number of aromatic nitrogens is 2. The van der Waals surface area contributed by atoms with Crippen molar-refractivity contribution in [2.24, 2.45) is 5.92 Å². The number of amides is 1. The summed E-state index contributed by atoms with van der Waals surface area (Å²) in [6, 6.07) is 6.43. The standard InChI is InChI=1S/C28H30F2N4O2/c1-17(2)22-16-32-26(21-12-19(29)7-8-24(21)30)13-27(22)34-25-9-10-31-15-23(25)28(36)33-14-20(35)11-18-5-3-4-6-18/h7-10,12-13,15-16,18,20,35H,1,3-6,11,14H2,2H3,(H,33,36)(H,31,32,34)/t20-/m0/s1. The first-order valence-electron chi connectivity index (χ1n) is 12.1. The first-order chi connectivity index (χ1) is 17.3. The lowest BCUT2D eigenvalue weighted by atomic mass is 10.00. The van der Waals surface area contributed by atoms with Gasteiger partial charge in [0.05, 0.1) is 23.0 Å². The molecule has 1 aromatic carbocycles. The molecule has 1 atom stereocenters. The minimum atomic E-state index is -0.607. The fraction of sp³-hybridized carbons (Fsp3) is 0.321. The van der Waals surface area contributed by atoms with Crippen molar-refractivity contribution in [1.29, 1.82) is 0 Å². The number of nitrogens with one attached hydrogen (secondary N) is 2. The molecule has 1 saturated carbocycles. The second-order valence-corrected chi connectivity index (χ2v) is 9.32. The quantitative estimate of drug-likeness (QED) is 0.348. The highest BCUT2D eigenvalue weighted by molar-refractivity contribution is 6.00. The van der Waals surface area contributed by atoms with Crippen molar-refractivity contribution in [3.8, 4) is 11.3 Å². The molecule has 8 heteroatoms. The Hall–Kier alpha value is -3.65. The van der Waals surface area contributed by atoms with Gasteiger partial charge in [-0.15, -0.1) is 0 Å². The van der Waals surface area contributed by atoms with Crippen molar-refractivity contribution in [3.05, 3.63) is 78.3 Å². The Balaban J connectivity index is 1.56. The number of aliphatic hydroxyl groups excluding tert-OH is 1. The van der Waals surface area contributed by atoms with Gasteiger partial charge < -0.3 is 15.7 Å². The third-order valence-corrected chi connectivity index (χ3v) is 6.48. The van der Waals surface area contributed by atoms with E-state index in [0.29, 0.717) is 34.9 Å². The molecule has 4 rings (SSSR count). The number of hydrogen-bond donors (Lipinski definition) is 3. The van der Waals surface area contributed by atoms with Crippen LogP contribution in [0.15, 0.2) is 55.5 Å². The summed E-state index contributed by atoms with van der Waals surface area (Å²) in [6.07, 6.45) is 9.23. The largest absolute Gasteiger partial charge is 0.391 e. The van der Waals surface area contributed by atoms with E-state index in [1.165, 1.54) is 25.2 Å². The normalized spacial score (nSPS) is 14.4.